The van der Waals surface area contributed by atoms with Crippen molar-refractivity contribution in [2.24, 2.45) is 0 Å². The fourth-order valence-corrected chi connectivity index (χ4v) is 5.73. The molecule has 43 heavy (non-hydrogen) atoms. The average Bonchev–Trinajstić information content (AvgIpc) is 3.01. The topological polar surface area (TPSA) is 114 Å². The SMILES string of the molecule is CC[C@@H](C)NC(=O)[C@@H](C)N(Cc1ccc(OC)cc1)C(=O)CN(c1cc(OC)ccc1OC)S(=O)(=O)c1ccc(C)cc1. The van der Waals surface area contributed by atoms with Crippen LogP contribution >= 0.6 is 0 Å². The van der Waals surface area contributed by atoms with Crippen molar-refractivity contribution in [1.82, 2.24) is 10.2 Å². The lowest BCUT2D eigenvalue weighted by atomic mass is 10.1. The lowest BCUT2D eigenvalue weighted by Crippen LogP contribution is -2.52. The van der Waals surface area contributed by atoms with Crippen LogP contribution in [-0.2, 0) is 26.2 Å². The first kappa shape index (κ1) is 33.3. The zero-order chi connectivity index (χ0) is 31.7. The molecule has 2 amide bonds. The van der Waals surface area contributed by atoms with Crippen molar-refractivity contribution in [2.75, 3.05) is 32.2 Å². The van der Waals surface area contributed by atoms with Gasteiger partial charge in [0.1, 0.15) is 29.8 Å². The van der Waals surface area contributed by atoms with Crippen LogP contribution in [-0.4, -0.2) is 65.1 Å². The molecule has 0 saturated heterocycles. The van der Waals surface area contributed by atoms with Gasteiger partial charge in [-0.15, -0.1) is 0 Å². The third-order valence-corrected chi connectivity index (χ3v) is 9.00. The van der Waals surface area contributed by atoms with Crippen molar-refractivity contribution in [3.63, 3.8) is 0 Å². The molecular weight excluding hydrogens is 570 g/mol. The summed E-state index contributed by atoms with van der Waals surface area (Å²) < 4.78 is 45.4. The molecule has 0 fully saturated rings. The number of nitrogens with one attached hydrogen (secondary N) is 1. The van der Waals surface area contributed by atoms with E-state index >= 15 is 0 Å². The number of rotatable bonds is 14. The minimum Gasteiger partial charge on any atom is -0.497 e. The Bertz CT molecular complexity index is 1490. The molecule has 0 heterocycles. The van der Waals surface area contributed by atoms with Gasteiger partial charge in [-0.1, -0.05) is 36.8 Å². The summed E-state index contributed by atoms with van der Waals surface area (Å²) in [6.45, 7) is 6.77. The summed E-state index contributed by atoms with van der Waals surface area (Å²) in [6.07, 6.45) is 0.711. The van der Waals surface area contributed by atoms with E-state index in [1.807, 2.05) is 20.8 Å². The molecule has 3 rings (SSSR count). The standard InChI is InChI=1S/C32H41N3O7S/c1-8-23(3)33-32(37)24(4)34(20-25-11-13-26(40-5)14-12-25)31(36)21-35(29-19-27(41-6)15-18-30(29)42-7)43(38,39)28-16-9-22(2)10-17-28/h9-19,23-24H,8,20-21H2,1-7H3,(H,33,37)/t23-,24-/m1/s1. The highest BCUT2D eigenvalue weighted by Gasteiger charge is 2.34. The van der Waals surface area contributed by atoms with Crippen molar-refractivity contribution in [3.05, 3.63) is 77.9 Å². The van der Waals surface area contributed by atoms with Crippen molar-refractivity contribution < 1.29 is 32.2 Å². The highest BCUT2D eigenvalue weighted by molar-refractivity contribution is 7.92. The molecule has 0 aromatic heterocycles. The highest BCUT2D eigenvalue weighted by Crippen LogP contribution is 2.36. The Morgan fingerprint density at radius 2 is 1.47 bits per heavy atom. The molecule has 0 aliphatic carbocycles. The van der Waals surface area contributed by atoms with Crippen LogP contribution in [0.5, 0.6) is 17.2 Å². The van der Waals surface area contributed by atoms with Gasteiger partial charge in [0.2, 0.25) is 11.8 Å². The van der Waals surface area contributed by atoms with Crippen molar-refractivity contribution in [1.29, 1.82) is 0 Å². The zero-order valence-corrected chi connectivity index (χ0v) is 26.6. The number of benzene rings is 3. The van der Waals surface area contributed by atoms with Crippen molar-refractivity contribution >= 4 is 27.5 Å². The van der Waals surface area contributed by atoms with E-state index in [1.54, 1.807) is 62.6 Å². The minimum absolute atomic E-state index is 0.0000366. The molecule has 0 radical (unpaired) electrons. The fraction of sp³-hybridized carbons (Fsp3) is 0.375. The molecule has 0 bridgehead atoms. The molecule has 0 aliphatic heterocycles. The first-order chi connectivity index (χ1) is 20.4. The Hall–Kier alpha value is -4.25. The molecule has 0 saturated carbocycles. The van der Waals surface area contributed by atoms with E-state index in [-0.39, 0.29) is 34.8 Å². The van der Waals surface area contributed by atoms with Crippen LogP contribution in [0.15, 0.2) is 71.6 Å². The number of anilines is 1. The van der Waals surface area contributed by atoms with Crippen molar-refractivity contribution in [2.45, 2.75) is 57.6 Å². The number of aryl methyl sites for hydroxylation is 1. The molecule has 1 N–H and O–H groups in total. The number of hydrogen-bond donors (Lipinski definition) is 1. The smallest absolute Gasteiger partial charge is 0.264 e. The van der Waals surface area contributed by atoms with Gasteiger partial charge in [0, 0.05) is 18.7 Å². The van der Waals surface area contributed by atoms with Gasteiger partial charge in [-0.2, -0.15) is 0 Å². The predicted octanol–water partition coefficient (Wildman–Crippen LogP) is 4.55. The average molecular weight is 612 g/mol. The van der Waals surface area contributed by atoms with Gasteiger partial charge >= 0.3 is 0 Å². The predicted molar refractivity (Wildman–Crippen MR) is 166 cm³/mol. The molecule has 3 aromatic carbocycles. The number of methoxy groups -OCH3 is 3. The molecule has 0 unspecified atom stereocenters. The Labute approximate surface area is 254 Å². The monoisotopic (exact) mass is 611 g/mol. The molecule has 11 heteroatoms. The Balaban J connectivity index is 2.11. The van der Waals surface area contributed by atoms with E-state index in [9.17, 15) is 18.0 Å². The molecular formula is C32H41N3O7S. The maximum Gasteiger partial charge on any atom is 0.264 e. The van der Waals surface area contributed by atoms with Crippen molar-refractivity contribution in [3.8, 4) is 17.2 Å². The number of amides is 2. The van der Waals surface area contributed by atoms with Gasteiger partial charge in [-0.3, -0.25) is 13.9 Å². The Morgan fingerprint density at radius 1 is 0.860 bits per heavy atom. The van der Waals surface area contributed by atoms with Gasteiger partial charge in [0.25, 0.3) is 10.0 Å². The third kappa shape index (κ3) is 8.19. The highest BCUT2D eigenvalue weighted by atomic mass is 32.2. The number of hydrogen-bond acceptors (Lipinski definition) is 7. The van der Waals surface area contributed by atoms with Crippen LogP contribution in [0.1, 0.15) is 38.3 Å². The van der Waals surface area contributed by atoms with Gasteiger partial charge in [0.05, 0.1) is 31.9 Å². The molecule has 0 spiro atoms. The second-order valence-corrected chi connectivity index (χ2v) is 12.1. The zero-order valence-electron chi connectivity index (χ0n) is 25.8. The third-order valence-electron chi connectivity index (χ3n) is 7.22. The van der Waals surface area contributed by atoms with E-state index < -0.39 is 28.5 Å². The van der Waals surface area contributed by atoms with E-state index in [4.69, 9.17) is 14.2 Å². The van der Waals surface area contributed by atoms with Crippen LogP contribution in [0.4, 0.5) is 5.69 Å². The quantitative estimate of drug-likeness (QED) is 0.285. The maximum absolute atomic E-state index is 14.2. The lowest BCUT2D eigenvalue weighted by Gasteiger charge is -2.33. The first-order valence-corrected chi connectivity index (χ1v) is 15.4. The van der Waals surface area contributed by atoms with Crippen LogP contribution in [0.2, 0.25) is 0 Å². The van der Waals surface area contributed by atoms with E-state index in [2.05, 4.69) is 5.32 Å². The van der Waals surface area contributed by atoms with Gasteiger partial charge in [-0.25, -0.2) is 8.42 Å². The van der Waals surface area contributed by atoms with E-state index in [0.29, 0.717) is 17.9 Å². The van der Waals surface area contributed by atoms with Crippen LogP contribution in [0.3, 0.4) is 0 Å². The molecule has 0 aliphatic rings. The summed E-state index contributed by atoms with van der Waals surface area (Å²) in [6, 6.07) is 17.2. The number of carbonyl (C=O) groups excluding carboxylic acids is 2. The van der Waals surface area contributed by atoms with Gasteiger partial charge < -0.3 is 24.4 Å². The summed E-state index contributed by atoms with van der Waals surface area (Å²) in [5.41, 5.74) is 1.74. The molecule has 232 valence electrons. The lowest BCUT2D eigenvalue weighted by molar-refractivity contribution is -0.139. The number of carbonyl (C=O) groups is 2. The second kappa shape index (κ2) is 14.8. The minimum atomic E-state index is -4.27. The fourth-order valence-electron chi connectivity index (χ4n) is 4.32. The summed E-state index contributed by atoms with van der Waals surface area (Å²) in [7, 11) is 0.163. The van der Waals surface area contributed by atoms with Crippen LogP contribution in [0.25, 0.3) is 0 Å². The van der Waals surface area contributed by atoms with Crippen LogP contribution < -0.4 is 23.8 Å². The normalized spacial score (nSPS) is 12.5. The molecule has 10 nitrogen and oxygen atoms in total. The van der Waals surface area contributed by atoms with Gasteiger partial charge in [-0.05, 0) is 69.2 Å². The maximum atomic E-state index is 14.2. The summed E-state index contributed by atoms with van der Waals surface area (Å²) >= 11 is 0. The van der Waals surface area contributed by atoms with E-state index in [1.165, 1.54) is 37.3 Å². The van der Waals surface area contributed by atoms with Crippen LogP contribution in [0, 0.1) is 6.92 Å². The number of sulfonamides is 1. The number of nitrogens with zero attached hydrogens (tertiary/aromatic N) is 2. The summed E-state index contributed by atoms with van der Waals surface area (Å²) in [5.74, 6) is 0.327. The Morgan fingerprint density at radius 3 is 2.02 bits per heavy atom. The van der Waals surface area contributed by atoms with E-state index in [0.717, 1.165) is 15.4 Å². The van der Waals surface area contributed by atoms with Gasteiger partial charge in [0.15, 0.2) is 0 Å². The summed E-state index contributed by atoms with van der Waals surface area (Å²) in [5, 5.41) is 2.93. The summed E-state index contributed by atoms with van der Waals surface area (Å²) in [4.78, 5) is 28.8. The molecule has 3 aromatic rings. The second-order valence-electron chi connectivity index (χ2n) is 10.2. The Kier molecular flexibility index (Phi) is 11.4. The largest absolute Gasteiger partial charge is 0.497 e. The first-order valence-electron chi connectivity index (χ1n) is 14.0. The number of ether oxygens (including phenoxy) is 3. The molecule has 2 atom stereocenters.